The van der Waals surface area contributed by atoms with Gasteiger partial charge >= 0.3 is 0 Å². The van der Waals surface area contributed by atoms with Crippen molar-refractivity contribution >= 4 is 29.2 Å². The zero-order valence-corrected chi connectivity index (χ0v) is 18.7. The number of aryl methyl sites for hydroxylation is 2. The van der Waals surface area contributed by atoms with E-state index in [9.17, 15) is 14.4 Å². The third-order valence-electron chi connectivity index (χ3n) is 5.71. The van der Waals surface area contributed by atoms with Crippen molar-refractivity contribution in [1.29, 1.82) is 0 Å². The number of carbonyl (C=O) groups excluding carboxylic acids is 3. The molecule has 5 nitrogen and oxygen atoms in total. The maximum Gasteiger partial charge on any atom is 0.223 e. The molecule has 31 heavy (non-hydrogen) atoms. The molecule has 2 aromatic carbocycles. The zero-order valence-electron chi connectivity index (χ0n) is 17.9. The number of carbonyl (C=O) groups is 3. The molecule has 1 N–H and O–H groups in total. The summed E-state index contributed by atoms with van der Waals surface area (Å²) in [4.78, 5) is 38.8. The molecule has 1 heterocycles. The topological polar surface area (TPSA) is 66.5 Å². The van der Waals surface area contributed by atoms with Crippen LogP contribution in [0.3, 0.4) is 0 Å². The summed E-state index contributed by atoms with van der Waals surface area (Å²) in [7, 11) is 0. The van der Waals surface area contributed by atoms with Gasteiger partial charge in [0.15, 0.2) is 5.78 Å². The van der Waals surface area contributed by atoms with E-state index in [0.29, 0.717) is 36.5 Å². The van der Waals surface area contributed by atoms with Crippen molar-refractivity contribution in [3.63, 3.8) is 0 Å². The standard InChI is InChI=1S/C25H29ClN2O3/c1-18-2-7-20(8-3-18)23(29)11-13-25(31)28-16-14-22(15-17-28)27-24(30)12-6-19-4-9-21(26)10-5-19/h2-5,7-10,22H,6,11-17H2,1H3,(H,27,30). The monoisotopic (exact) mass is 440 g/mol. The van der Waals surface area contributed by atoms with Crippen LogP contribution < -0.4 is 5.32 Å². The third-order valence-corrected chi connectivity index (χ3v) is 5.96. The summed E-state index contributed by atoms with van der Waals surface area (Å²) in [5.41, 5.74) is 2.84. The fraction of sp³-hybridized carbons (Fsp3) is 0.400. The summed E-state index contributed by atoms with van der Waals surface area (Å²) in [6, 6.07) is 15.0. The highest BCUT2D eigenvalue weighted by molar-refractivity contribution is 6.30. The number of ketones is 1. The van der Waals surface area contributed by atoms with Gasteiger partial charge in [0, 0.05) is 49.0 Å². The maximum atomic E-state index is 12.5. The first-order chi connectivity index (χ1) is 14.9. The number of hydrogen-bond donors (Lipinski definition) is 1. The Hall–Kier alpha value is -2.66. The molecular weight excluding hydrogens is 412 g/mol. The first-order valence-corrected chi connectivity index (χ1v) is 11.2. The van der Waals surface area contributed by atoms with Crippen LogP contribution in [0.15, 0.2) is 48.5 Å². The van der Waals surface area contributed by atoms with Crippen LogP contribution in [0.2, 0.25) is 5.02 Å². The van der Waals surface area contributed by atoms with Crippen molar-refractivity contribution < 1.29 is 14.4 Å². The molecule has 0 spiro atoms. The normalized spacial score (nSPS) is 14.3. The van der Waals surface area contributed by atoms with E-state index in [0.717, 1.165) is 24.0 Å². The van der Waals surface area contributed by atoms with Crippen LogP contribution in [0, 0.1) is 6.92 Å². The van der Waals surface area contributed by atoms with Crippen LogP contribution in [0.1, 0.15) is 53.6 Å². The lowest BCUT2D eigenvalue weighted by Crippen LogP contribution is -2.46. The Morgan fingerprint density at radius 3 is 2.23 bits per heavy atom. The molecule has 2 aromatic rings. The summed E-state index contributed by atoms with van der Waals surface area (Å²) in [5, 5.41) is 3.77. The molecule has 0 atom stereocenters. The number of hydrogen-bond acceptors (Lipinski definition) is 3. The van der Waals surface area contributed by atoms with Gasteiger partial charge in [0.1, 0.15) is 0 Å². The van der Waals surface area contributed by atoms with Crippen molar-refractivity contribution in [2.75, 3.05) is 13.1 Å². The lowest BCUT2D eigenvalue weighted by atomic mass is 10.0. The van der Waals surface area contributed by atoms with E-state index in [2.05, 4.69) is 5.32 Å². The van der Waals surface area contributed by atoms with Gasteiger partial charge < -0.3 is 10.2 Å². The van der Waals surface area contributed by atoms with Crippen LogP contribution in [0.25, 0.3) is 0 Å². The van der Waals surface area contributed by atoms with E-state index in [1.165, 1.54) is 0 Å². The molecule has 164 valence electrons. The zero-order chi connectivity index (χ0) is 22.2. The highest BCUT2D eigenvalue weighted by Gasteiger charge is 2.24. The van der Waals surface area contributed by atoms with E-state index in [1.807, 2.05) is 55.5 Å². The highest BCUT2D eigenvalue weighted by Crippen LogP contribution is 2.15. The number of piperidine rings is 1. The molecule has 0 aliphatic carbocycles. The van der Waals surface area contributed by atoms with E-state index in [1.54, 1.807) is 4.90 Å². The number of halogens is 1. The van der Waals surface area contributed by atoms with E-state index >= 15 is 0 Å². The summed E-state index contributed by atoms with van der Waals surface area (Å²) in [6.07, 6.45) is 3.04. The molecule has 3 rings (SSSR count). The molecule has 0 aromatic heterocycles. The van der Waals surface area contributed by atoms with Gasteiger partial charge in [0.25, 0.3) is 0 Å². The number of rotatable bonds is 8. The number of nitrogens with zero attached hydrogens (tertiary/aromatic N) is 1. The van der Waals surface area contributed by atoms with Gasteiger partial charge in [-0.15, -0.1) is 0 Å². The fourth-order valence-corrected chi connectivity index (χ4v) is 3.87. The van der Waals surface area contributed by atoms with Crippen LogP contribution in [0.4, 0.5) is 0 Å². The Labute approximate surface area is 188 Å². The van der Waals surface area contributed by atoms with E-state index < -0.39 is 0 Å². The SMILES string of the molecule is Cc1ccc(C(=O)CCC(=O)N2CCC(NC(=O)CCc3ccc(Cl)cc3)CC2)cc1. The van der Waals surface area contributed by atoms with Gasteiger partial charge in [0.2, 0.25) is 11.8 Å². The fourth-order valence-electron chi connectivity index (χ4n) is 3.74. The first-order valence-electron chi connectivity index (χ1n) is 10.8. The van der Waals surface area contributed by atoms with Gasteiger partial charge in [-0.2, -0.15) is 0 Å². The van der Waals surface area contributed by atoms with Crippen LogP contribution in [-0.4, -0.2) is 41.6 Å². The largest absolute Gasteiger partial charge is 0.353 e. The minimum Gasteiger partial charge on any atom is -0.353 e. The Balaban J connectivity index is 1.35. The Morgan fingerprint density at radius 1 is 0.935 bits per heavy atom. The van der Waals surface area contributed by atoms with E-state index in [-0.39, 0.29) is 36.5 Å². The van der Waals surface area contributed by atoms with Gasteiger partial charge in [-0.25, -0.2) is 0 Å². The average Bonchev–Trinajstić information content (AvgIpc) is 2.78. The number of nitrogens with one attached hydrogen (secondary N) is 1. The predicted octanol–water partition coefficient (Wildman–Crippen LogP) is 4.35. The number of benzene rings is 2. The second kappa shape index (κ2) is 11.1. The van der Waals surface area contributed by atoms with Gasteiger partial charge in [-0.05, 0) is 43.9 Å². The molecule has 2 amide bonds. The Morgan fingerprint density at radius 2 is 1.58 bits per heavy atom. The van der Waals surface area contributed by atoms with E-state index in [4.69, 9.17) is 11.6 Å². The van der Waals surface area contributed by atoms with Crippen LogP contribution >= 0.6 is 11.6 Å². The molecule has 1 aliphatic heterocycles. The smallest absolute Gasteiger partial charge is 0.223 e. The quantitative estimate of drug-likeness (QED) is 0.620. The molecule has 1 aliphatic rings. The van der Waals surface area contributed by atoms with Gasteiger partial charge in [-0.1, -0.05) is 53.6 Å². The molecule has 1 fully saturated rings. The van der Waals surface area contributed by atoms with Crippen molar-refractivity contribution in [1.82, 2.24) is 10.2 Å². The summed E-state index contributed by atoms with van der Waals surface area (Å²) in [5.74, 6) is 0.0348. The number of Topliss-reactive ketones (excluding diaryl/α,β-unsaturated/α-hetero) is 1. The van der Waals surface area contributed by atoms with Gasteiger partial charge in [-0.3, -0.25) is 14.4 Å². The Bertz CT molecular complexity index is 901. The van der Waals surface area contributed by atoms with Crippen molar-refractivity contribution in [3.05, 3.63) is 70.2 Å². The number of amides is 2. The maximum absolute atomic E-state index is 12.5. The highest BCUT2D eigenvalue weighted by atomic mass is 35.5. The molecule has 0 radical (unpaired) electrons. The van der Waals surface area contributed by atoms with Crippen molar-refractivity contribution in [3.8, 4) is 0 Å². The van der Waals surface area contributed by atoms with Crippen molar-refractivity contribution in [2.45, 2.75) is 51.5 Å². The summed E-state index contributed by atoms with van der Waals surface area (Å²) in [6.45, 7) is 3.20. The first kappa shape index (κ1) is 23.0. The molecular formula is C25H29ClN2O3. The van der Waals surface area contributed by atoms with Crippen LogP contribution in [0.5, 0.6) is 0 Å². The van der Waals surface area contributed by atoms with Gasteiger partial charge in [0.05, 0.1) is 0 Å². The molecule has 0 saturated carbocycles. The van der Waals surface area contributed by atoms with Crippen molar-refractivity contribution in [2.24, 2.45) is 0 Å². The second-order valence-corrected chi connectivity index (χ2v) is 8.57. The lowest BCUT2D eigenvalue weighted by molar-refractivity contribution is -0.132. The molecule has 1 saturated heterocycles. The third kappa shape index (κ3) is 7.21. The summed E-state index contributed by atoms with van der Waals surface area (Å²) >= 11 is 5.88. The molecule has 0 unspecified atom stereocenters. The molecule has 6 heteroatoms. The number of likely N-dealkylation sites (tertiary alicyclic amines) is 1. The Kier molecular flexibility index (Phi) is 8.24. The second-order valence-electron chi connectivity index (χ2n) is 8.14. The lowest BCUT2D eigenvalue weighted by Gasteiger charge is -2.32. The minimum absolute atomic E-state index is 0.00353. The minimum atomic E-state index is -0.00353. The average molecular weight is 441 g/mol. The summed E-state index contributed by atoms with van der Waals surface area (Å²) < 4.78 is 0. The molecule has 0 bridgehead atoms. The predicted molar refractivity (Wildman–Crippen MR) is 122 cm³/mol. The van der Waals surface area contributed by atoms with Crippen LogP contribution in [-0.2, 0) is 16.0 Å².